The first-order valence-electron chi connectivity index (χ1n) is 7.88. The Morgan fingerprint density at radius 2 is 2.20 bits per heavy atom. The lowest BCUT2D eigenvalue weighted by Gasteiger charge is -2.06. The third-order valence-corrected chi connectivity index (χ3v) is 4.73. The van der Waals surface area contributed by atoms with Gasteiger partial charge in [0.15, 0.2) is 0 Å². The first-order chi connectivity index (χ1) is 11.9. The molecule has 7 nitrogen and oxygen atoms in total. The number of pyridine rings is 1. The lowest BCUT2D eigenvalue weighted by molar-refractivity contribution is 0.209. The van der Waals surface area contributed by atoms with Gasteiger partial charge in [0.25, 0.3) is 5.56 Å². The molecule has 0 spiro atoms. The average molecular weight is 358 g/mol. The van der Waals surface area contributed by atoms with Crippen molar-refractivity contribution in [2.24, 2.45) is 0 Å². The summed E-state index contributed by atoms with van der Waals surface area (Å²) in [5.74, 6) is 0.426. The van der Waals surface area contributed by atoms with E-state index in [9.17, 15) is 9.59 Å². The fourth-order valence-corrected chi connectivity index (χ4v) is 3.39. The largest absolute Gasteiger partial charge is 0.465 e. The minimum Gasteiger partial charge on any atom is -0.465 e. The van der Waals surface area contributed by atoms with Gasteiger partial charge in [-0.05, 0) is 30.0 Å². The summed E-state index contributed by atoms with van der Waals surface area (Å²) >= 11 is 1.67. The zero-order chi connectivity index (χ0) is 18.0. The summed E-state index contributed by atoms with van der Waals surface area (Å²) in [7, 11) is 0. The molecule has 0 aliphatic rings. The highest BCUT2D eigenvalue weighted by atomic mass is 32.1. The summed E-state index contributed by atoms with van der Waals surface area (Å²) in [6.45, 7) is 4.25. The number of aromatic nitrogens is 3. The van der Waals surface area contributed by atoms with E-state index in [1.807, 2.05) is 12.1 Å². The van der Waals surface area contributed by atoms with Gasteiger partial charge in [-0.1, -0.05) is 13.8 Å². The summed E-state index contributed by atoms with van der Waals surface area (Å²) in [4.78, 5) is 31.7. The van der Waals surface area contributed by atoms with E-state index in [0.29, 0.717) is 11.6 Å². The van der Waals surface area contributed by atoms with E-state index >= 15 is 0 Å². The lowest BCUT2D eigenvalue weighted by Crippen LogP contribution is -2.22. The predicted octanol–water partition coefficient (Wildman–Crippen LogP) is 3.15. The Balaban J connectivity index is 1.79. The second-order valence-corrected chi connectivity index (χ2v) is 6.93. The minimum absolute atomic E-state index is 0.0678. The first kappa shape index (κ1) is 17.1. The van der Waals surface area contributed by atoms with Gasteiger partial charge in [-0.25, -0.2) is 14.8 Å². The van der Waals surface area contributed by atoms with E-state index in [1.54, 1.807) is 17.5 Å². The average Bonchev–Trinajstić information content (AvgIpc) is 3.04. The van der Waals surface area contributed by atoms with Gasteiger partial charge in [0, 0.05) is 18.0 Å². The zero-order valence-corrected chi connectivity index (χ0v) is 14.7. The summed E-state index contributed by atoms with van der Waals surface area (Å²) in [6.07, 6.45) is 3.20. The number of rotatable bonds is 5. The smallest absolute Gasteiger partial charge is 0.409 e. The van der Waals surface area contributed by atoms with Gasteiger partial charge in [-0.2, -0.15) is 0 Å². The van der Waals surface area contributed by atoms with Crippen molar-refractivity contribution in [3.05, 3.63) is 56.5 Å². The molecule has 130 valence electrons. The summed E-state index contributed by atoms with van der Waals surface area (Å²) < 4.78 is 1.33. The maximum atomic E-state index is 12.2. The molecule has 1 amide bonds. The van der Waals surface area contributed by atoms with E-state index in [-0.39, 0.29) is 5.69 Å². The molecule has 0 fully saturated rings. The Labute approximate surface area is 148 Å². The molecule has 3 aromatic heterocycles. The highest BCUT2D eigenvalue weighted by Gasteiger charge is 2.09. The van der Waals surface area contributed by atoms with Crippen LogP contribution >= 0.6 is 11.3 Å². The summed E-state index contributed by atoms with van der Waals surface area (Å²) in [5.41, 5.74) is 2.14. The molecule has 0 saturated heterocycles. The number of nitrogens with zero attached hydrogens (tertiary/aromatic N) is 3. The number of hydrogen-bond donors (Lipinski definition) is 2. The van der Waals surface area contributed by atoms with Crippen LogP contribution in [-0.2, 0) is 12.8 Å². The molecule has 0 bridgehead atoms. The Bertz CT molecular complexity index is 977. The molecule has 0 radical (unpaired) electrons. The van der Waals surface area contributed by atoms with Crippen LogP contribution in [0.1, 0.15) is 36.0 Å². The van der Waals surface area contributed by atoms with Crippen molar-refractivity contribution in [1.82, 2.24) is 14.4 Å². The Kier molecular flexibility index (Phi) is 4.80. The number of carboxylic acid groups (broad SMARTS) is 1. The third-order valence-electron chi connectivity index (χ3n) is 3.80. The van der Waals surface area contributed by atoms with Crippen LogP contribution in [0, 0.1) is 0 Å². The van der Waals surface area contributed by atoms with E-state index < -0.39 is 11.7 Å². The van der Waals surface area contributed by atoms with Crippen molar-refractivity contribution in [2.75, 3.05) is 5.32 Å². The Hall–Kier alpha value is -2.74. The maximum absolute atomic E-state index is 12.2. The van der Waals surface area contributed by atoms with Gasteiger partial charge < -0.3 is 5.11 Å². The molecule has 25 heavy (non-hydrogen) atoms. The molecule has 8 heteroatoms. The highest BCUT2D eigenvalue weighted by molar-refractivity contribution is 7.09. The van der Waals surface area contributed by atoms with Gasteiger partial charge in [0.2, 0.25) is 0 Å². The second kappa shape index (κ2) is 7.02. The maximum Gasteiger partial charge on any atom is 0.409 e. The standard InChI is InChI=1S/C17H18N4O3S/c1-10(2)13-9-25-15(19-13)4-3-11-5-6-21-14(7-11)18-8-12(16(21)22)20-17(23)24/h5-10,20H,3-4H2,1-2H3,(H,23,24). The van der Waals surface area contributed by atoms with Crippen molar-refractivity contribution < 1.29 is 9.90 Å². The first-order valence-corrected chi connectivity index (χ1v) is 8.76. The van der Waals surface area contributed by atoms with E-state index in [2.05, 4.69) is 34.5 Å². The quantitative estimate of drug-likeness (QED) is 0.730. The van der Waals surface area contributed by atoms with E-state index in [1.165, 1.54) is 10.6 Å². The summed E-state index contributed by atoms with van der Waals surface area (Å²) in [6, 6.07) is 3.68. The molecule has 0 aliphatic heterocycles. The summed E-state index contributed by atoms with van der Waals surface area (Å²) in [5, 5.41) is 14.0. The molecular formula is C17H18N4O3S. The fraction of sp³-hybridized carbons (Fsp3) is 0.294. The van der Waals surface area contributed by atoms with Gasteiger partial charge >= 0.3 is 6.09 Å². The van der Waals surface area contributed by atoms with E-state index in [0.717, 1.165) is 29.1 Å². The van der Waals surface area contributed by atoms with Crippen LogP contribution in [0.5, 0.6) is 0 Å². The van der Waals surface area contributed by atoms with E-state index in [4.69, 9.17) is 5.11 Å². The third kappa shape index (κ3) is 3.85. The monoisotopic (exact) mass is 358 g/mol. The van der Waals surface area contributed by atoms with Crippen molar-refractivity contribution in [2.45, 2.75) is 32.6 Å². The molecule has 0 aliphatic carbocycles. The molecular weight excluding hydrogens is 340 g/mol. The molecule has 3 rings (SSSR count). The van der Waals surface area contributed by atoms with Crippen LogP contribution in [-0.4, -0.2) is 25.6 Å². The number of amides is 1. The Morgan fingerprint density at radius 1 is 1.40 bits per heavy atom. The lowest BCUT2D eigenvalue weighted by atomic mass is 10.1. The van der Waals surface area contributed by atoms with Crippen LogP contribution in [0.25, 0.3) is 5.65 Å². The van der Waals surface area contributed by atoms with Crippen LogP contribution < -0.4 is 10.9 Å². The van der Waals surface area contributed by atoms with Gasteiger partial charge in [-0.15, -0.1) is 11.3 Å². The van der Waals surface area contributed by atoms with Gasteiger partial charge in [0.05, 0.1) is 16.9 Å². The second-order valence-electron chi connectivity index (χ2n) is 5.99. The molecule has 0 saturated carbocycles. The van der Waals surface area contributed by atoms with Crippen LogP contribution in [0.2, 0.25) is 0 Å². The number of fused-ring (bicyclic) bond motifs is 1. The molecule has 3 aromatic rings. The SMILES string of the molecule is CC(C)c1csc(CCc2ccn3c(=O)c(NC(=O)O)cnc3c2)n1. The number of anilines is 1. The minimum atomic E-state index is -1.29. The zero-order valence-electron chi connectivity index (χ0n) is 13.9. The van der Waals surface area contributed by atoms with Gasteiger partial charge in [-0.3, -0.25) is 14.5 Å². The molecule has 0 aromatic carbocycles. The molecule has 3 heterocycles. The van der Waals surface area contributed by atoms with Crippen molar-refractivity contribution in [3.63, 3.8) is 0 Å². The van der Waals surface area contributed by atoms with Crippen molar-refractivity contribution in [1.29, 1.82) is 0 Å². The van der Waals surface area contributed by atoms with Crippen molar-refractivity contribution >= 4 is 28.8 Å². The Morgan fingerprint density at radius 3 is 2.88 bits per heavy atom. The van der Waals surface area contributed by atoms with Crippen LogP contribution in [0.3, 0.4) is 0 Å². The van der Waals surface area contributed by atoms with Crippen LogP contribution in [0.15, 0.2) is 34.7 Å². The number of nitrogens with one attached hydrogen (secondary N) is 1. The normalized spacial score (nSPS) is 11.2. The van der Waals surface area contributed by atoms with Crippen LogP contribution in [0.4, 0.5) is 10.5 Å². The fourth-order valence-electron chi connectivity index (χ4n) is 2.43. The topological polar surface area (TPSA) is 96.6 Å². The number of thiazole rings is 1. The molecule has 0 unspecified atom stereocenters. The number of carbonyl (C=O) groups is 1. The number of hydrogen-bond acceptors (Lipinski definition) is 5. The molecule has 0 atom stereocenters. The number of aryl methyl sites for hydroxylation is 2. The predicted molar refractivity (Wildman–Crippen MR) is 96.7 cm³/mol. The molecule has 2 N–H and O–H groups in total. The van der Waals surface area contributed by atoms with Gasteiger partial charge in [0.1, 0.15) is 11.3 Å². The highest BCUT2D eigenvalue weighted by Crippen LogP contribution is 2.19. The van der Waals surface area contributed by atoms with Crippen molar-refractivity contribution in [3.8, 4) is 0 Å².